The summed E-state index contributed by atoms with van der Waals surface area (Å²) >= 11 is 1.39. The molecule has 0 atom stereocenters. The van der Waals surface area contributed by atoms with E-state index in [0.29, 0.717) is 17.2 Å². The van der Waals surface area contributed by atoms with Crippen LogP contribution >= 0.6 is 11.3 Å². The van der Waals surface area contributed by atoms with E-state index in [9.17, 15) is 4.79 Å². The molecule has 3 aromatic rings. The second-order valence-corrected chi connectivity index (χ2v) is 7.96. The highest BCUT2D eigenvalue weighted by molar-refractivity contribution is 7.13. The van der Waals surface area contributed by atoms with Crippen LogP contribution in [0, 0.1) is 6.92 Å². The first-order valence-electron chi connectivity index (χ1n) is 8.19. The van der Waals surface area contributed by atoms with Gasteiger partial charge in [0.05, 0.1) is 17.1 Å². The third-order valence-corrected chi connectivity index (χ3v) is 5.39. The quantitative estimate of drug-likeness (QED) is 0.717. The molecule has 1 aliphatic carbocycles. The van der Waals surface area contributed by atoms with E-state index in [-0.39, 0.29) is 17.3 Å². The number of nitrogens with two attached hydrogens (primary N) is 1. The SMILES string of the molecule is Cc1csc(NC(=O)c2nn(C)c3c2C(C)(C)Cc2cnc(N)nc2-3)n1. The van der Waals surface area contributed by atoms with Crippen molar-refractivity contribution in [1.82, 2.24) is 24.7 Å². The second-order valence-electron chi connectivity index (χ2n) is 7.11. The third kappa shape index (κ3) is 2.55. The molecule has 8 nitrogen and oxygen atoms in total. The Morgan fingerprint density at radius 1 is 1.38 bits per heavy atom. The molecule has 0 radical (unpaired) electrons. The van der Waals surface area contributed by atoms with Gasteiger partial charge in [-0.1, -0.05) is 13.8 Å². The van der Waals surface area contributed by atoms with Crippen LogP contribution in [0.4, 0.5) is 11.1 Å². The summed E-state index contributed by atoms with van der Waals surface area (Å²) in [6, 6.07) is 0. The summed E-state index contributed by atoms with van der Waals surface area (Å²) in [6.07, 6.45) is 2.46. The van der Waals surface area contributed by atoms with Gasteiger partial charge in [-0.15, -0.1) is 11.3 Å². The number of carbonyl (C=O) groups is 1. The number of fused-ring (bicyclic) bond motifs is 3. The van der Waals surface area contributed by atoms with Gasteiger partial charge in [0.2, 0.25) is 5.95 Å². The zero-order valence-corrected chi connectivity index (χ0v) is 15.8. The number of rotatable bonds is 2. The molecule has 0 aliphatic heterocycles. The van der Waals surface area contributed by atoms with E-state index in [1.807, 2.05) is 19.4 Å². The number of hydrogen-bond acceptors (Lipinski definition) is 7. The van der Waals surface area contributed by atoms with E-state index in [1.54, 1.807) is 10.9 Å². The molecule has 9 heteroatoms. The second kappa shape index (κ2) is 5.60. The van der Waals surface area contributed by atoms with Crippen molar-refractivity contribution in [3.05, 3.63) is 34.1 Å². The van der Waals surface area contributed by atoms with Crippen LogP contribution in [0.1, 0.15) is 41.2 Å². The van der Waals surface area contributed by atoms with Gasteiger partial charge in [-0.05, 0) is 24.3 Å². The Balaban J connectivity index is 1.85. The fraction of sp³-hybridized carbons (Fsp3) is 0.353. The fourth-order valence-electron chi connectivity index (χ4n) is 3.48. The van der Waals surface area contributed by atoms with E-state index in [0.717, 1.165) is 28.2 Å². The molecule has 1 amide bonds. The maximum absolute atomic E-state index is 12.9. The summed E-state index contributed by atoms with van der Waals surface area (Å²) in [6.45, 7) is 6.08. The number of amides is 1. The maximum atomic E-state index is 12.9. The van der Waals surface area contributed by atoms with Gasteiger partial charge in [0.15, 0.2) is 10.8 Å². The number of aromatic nitrogens is 5. The van der Waals surface area contributed by atoms with Gasteiger partial charge in [0, 0.05) is 24.2 Å². The zero-order valence-electron chi connectivity index (χ0n) is 15.0. The minimum atomic E-state index is -0.290. The van der Waals surface area contributed by atoms with Gasteiger partial charge in [0.25, 0.3) is 5.91 Å². The minimum absolute atomic E-state index is 0.208. The smallest absolute Gasteiger partial charge is 0.278 e. The standard InChI is InChI=1S/C17H19N7OS/c1-8-7-26-16(20-8)22-14(25)12-10-13(24(4)23-12)11-9(5-17(10,2)3)6-19-15(18)21-11/h6-7H,5H2,1-4H3,(H2,18,19,21)(H,20,22,25). The lowest BCUT2D eigenvalue weighted by atomic mass is 9.73. The minimum Gasteiger partial charge on any atom is -0.368 e. The van der Waals surface area contributed by atoms with Gasteiger partial charge >= 0.3 is 0 Å². The van der Waals surface area contributed by atoms with Crippen LogP contribution < -0.4 is 11.1 Å². The number of nitrogen functional groups attached to an aromatic ring is 1. The number of aryl methyl sites for hydroxylation is 2. The molecule has 0 unspecified atom stereocenters. The summed E-state index contributed by atoms with van der Waals surface area (Å²) in [5, 5.41) is 9.81. The zero-order chi connectivity index (χ0) is 18.6. The molecule has 3 aromatic heterocycles. The van der Waals surface area contributed by atoms with E-state index in [2.05, 4.69) is 39.2 Å². The van der Waals surface area contributed by atoms with Crippen molar-refractivity contribution in [2.75, 3.05) is 11.1 Å². The first kappa shape index (κ1) is 16.6. The largest absolute Gasteiger partial charge is 0.368 e. The molecule has 26 heavy (non-hydrogen) atoms. The van der Waals surface area contributed by atoms with Crippen molar-refractivity contribution in [3.63, 3.8) is 0 Å². The highest BCUT2D eigenvalue weighted by Crippen LogP contribution is 2.43. The molecular formula is C17H19N7OS. The number of carbonyl (C=O) groups excluding carboxylic acids is 1. The van der Waals surface area contributed by atoms with Crippen molar-refractivity contribution in [1.29, 1.82) is 0 Å². The Hall–Kier alpha value is -2.81. The van der Waals surface area contributed by atoms with Gasteiger partial charge in [-0.2, -0.15) is 5.10 Å². The lowest BCUT2D eigenvalue weighted by Gasteiger charge is -2.31. The van der Waals surface area contributed by atoms with Crippen LogP contribution in [-0.2, 0) is 18.9 Å². The van der Waals surface area contributed by atoms with Gasteiger partial charge < -0.3 is 5.73 Å². The van der Waals surface area contributed by atoms with Crippen molar-refractivity contribution in [2.45, 2.75) is 32.6 Å². The maximum Gasteiger partial charge on any atom is 0.278 e. The van der Waals surface area contributed by atoms with Gasteiger partial charge in [-0.3, -0.25) is 14.8 Å². The topological polar surface area (TPSA) is 112 Å². The monoisotopic (exact) mass is 369 g/mol. The van der Waals surface area contributed by atoms with E-state index >= 15 is 0 Å². The van der Waals surface area contributed by atoms with Gasteiger partial charge in [0.1, 0.15) is 0 Å². The summed E-state index contributed by atoms with van der Waals surface area (Å²) in [4.78, 5) is 25.7. The average molecular weight is 369 g/mol. The van der Waals surface area contributed by atoms with E-state index in [4.69, 9.17) is 5.73 Å². The van der Waals surface area contributed by atoms with E-state index < -0.39 is 0 Å². The van der Waals surface area contributed by atoms with E-state index in [1.165, 1.54) is 11.3 Å². The van der Waals surface area contributed by atoms with Crippen LogP contribution in [0.3, 0.4) is 0 Å². The van der Waals surface area contributed by atoms with Crippen molar-refractivity contribution >= 4 is 28.3 Å². The van der Waals surface area contributed by atoms with Crippen LogP contribution in [0.25, 0.3) is 11.4 Å². The van der Waals surface area contributed by atoms with Crippen LogP contribution in [-0.4, -0.2) is 30.6 Å². The summed E-state index contributed by atoms with van der Waals surface area (Å²) in [7, 11) is 1.81. The number of nitrogens with one attached hydrogen (secondary N) is 1. The van der Waals surface area contributed by atoms with Gasteiger partial charge in [-0.25, -0.2) is 15.0 Å². The normalized spacial score (nSPS) is 14.6. The first-order chi connectivity index (χ1) is 12.3. The number of hydrogen-bond donors (Lipinski definition) is 2. The van der Waals surface area contributed by atoms with Crippen LogP contribution in [0.5, 0.6) is 0 Å². The predicted molar refractivity (Wildman–Crippen MR) is 100 cm³/mol. The molecule has 0 fully saturated rings. The highest BCUT2D eigenvalue weighted by atomic mass is 32.1. The predicted octanol–water partition coefficient (Wildman–Crippen LogP) is 2.31. The van der Waals surface area contributed by atoms with Crippen molar-refractivity contribution in [3.8, 4) is 11.4 Å². The number of thiazole rings is 1. The average Bonchev–Trinajstić information content (AvgIpc) is 3.12. The summed E-state index contributed by atoms with van der Waals surface area (Å²) in [5.74, 6) is -0.0605. The Bertz CT molecular complexity index is 1030. The summed E-state index contributed by atoms with van der Waals surface area (Å²) < 4.78 is 1.70. The molecule has 0 saturated heterocycles. The highest BCUT2D eigenvalue weighted by Gasteiger charge is 2.39. The first-order valence-corrected chi connectivity index (χ1v) is 9.07. The molecule has 3 heterocycles. The molecule has 0 spiro atoms. The summed E-state index contributed by atoms with van der Waals surface area (Å²) in [5.41, 5.74) is 10.2. The molecule has 1 aliphatic rings. The molecule has 3 N–H and O–H groups in total. The Kier molecular flexibility index (Phi) is 3.58. The third-order valence-electron chi connectivity index (χ3n) is 4.52. The Morgan fingerprint density at radius 2 is 2.15 bits per heavy atom. The Labute approximate surface area is 154 Å². The number of nitrogens with zero attached hydrogens (tertiary/aromatic N) is 5. The van der Waals surface area contributed by atoms with Crippen molar-refractivity contribution < 1.29 is 4.79 Å². The van der Waals surface area contributed by atoms with Crippen LogP contribution in [0.2, 0.25) is 0 Å². The Morgan fingerprint density at radius 3 is 2.85 bits per heavy atom. The lowest BCUT2D eigenvalue weighted by Crippen LogP contribution is -2.29. The lowest BCUT2D eigenvalue weighted by molar-refractivity contribution is 0.101. The van der Waals surface area contributed by atoms with Crippen LogP contribution in [0.15, 0.2) is 11.6 Å². The molecular weight excluding hydrogens is 350 g/mol. The number of anilines is 2. The molecule has 0 saturated carbocycles. The molecule has 4 rings (SSSR count). The fourth-order valence-corrected chi connectivity index (χ4v) is 4.17. The molecule has 0 aromatic carbocycles. The van der Waals surface area contributed by atoms with Crippen molar-refractivity contribution in [2.24, 2.45) is 7.05 Å². The molecule has 0 bridgehead atoms. The molecule has 134 valence electrons.